The molecule has 0 aliphatic heterocycles. The fraction of sp³-hybridized carbons (Fsp3) is 0. The molecule has 0 atom stereocenters. The second-order valence-corrected chi connectivity index (χ2v) is 4.46. The molecule has 0 N–H and O–H groups in total. The summed E-state index contributed by atoms with van der Waals surface area (Å²) in [6.45, 7) is 0. The molecule has 0 fully saturated rings. The third kappa shape index (κ3) is 3.03. The van der Waals surface area contributed by atoms with E-state index in [4.69, 9.17) is 11.6 Å². The van der Waals surface area contributed by atoms with Crippen molar-refractivity contribution >= 4 is 28.8 Å². The van der Waals surface area contributed by atoms with E-state index in [0.717, 1.165) is 6.07 Å². The van der Waals surface area contributed by atoms with Crippen LogP contribution < -0.4 is 0 Å². The van der Waals surface area contributed by atoms with Crippen molar-refractivity contribution in [2.24, 2.45) is 0 Å². The minimum atomic E-state index is -0.686. The zero-order valence-corrected chi connectivity index (χ0v) is 11.1. The minimum absolute atomic E-state index is 0.0692. The predicted octanol–water partition coefficient (Wildman–Crippen LogP) is 3.39. The van der Waals surface area contributed by atoms with Crippen molar-refractivity contribution in [1.29, 1.82) is 0 Å². The highest BCUT2D eigenvalue weighted by Crippen LogP contribution is 2.26. The van der Waals surface area contributed by atoms with Crippen molar-refractivity contribution in [2.75, 3.05) is 0 Å². The van der Waals surface area contributed by atoms with E-state index in [1.54, 1.807) is 0 Å². The Hall–Kier alpha value is -2.80. The van der Waals surface area contributed by atoms with Crippen molar-refractivity contribution in [2.45, 2.75) is 0 Å². The van der Waals surface area contributed by atoms with Gasteiger partial charge in [0.05, 0.1) is 9.85 Å². The topological polar surface area (TPSA) is 103 Å². The van der Waals surface area contributed by atoms with Crippen molar-refractivity contribution in [3.05, 3.63) is 78.8 Å². The number of non-ortho nitro benzene ring substituents is 1. The summed E-state index contributed by atoms with van der Waals surface area (Å²) in [6.07, 6.45) is 0. The number of benzene rings is 2. The average Bonchev–Trinajstić information content (AvgIpc) is 2.46. The number of carbonyl (C=O) groups is 1. The average molecular weight is 307 g/mol. The maximum absolute atomic E-state index is 12.2. The summed E-state index contributed by atoms with van der Waals surface area (Å²) in [5.74, 6) is -0.482. The maximum Gasteiger partial charge on any atom is 0.288 e. The molecule has 7 nitrogen and oxygen atoms in total. The number of nitro groups is 2. The van der Waals surface area contributed by atoms with E-state index < -0.39 is 15.6 Å². The molecule has 2 rings (SSSR count). The zero-order chi connectivity index (χ0) is 15.6. The van der Waals surface area contributed by atoms with Crippen LogP contribution in [0.5, 0.6) is 0 Å². The monoisotopic (exact) mass is 306 g/mol. The molecular formula is C13H7ClN2O5. The van der Waals surface area contributed by atoms with E-state index >= 15 is 0 Å². The Labute approximate surface area is 123 Å². The van der Waals surface area contributed by atoms with Crippen LogP contribution in [0.3, 0.4) is 0 Å². The van der Waals surface area contributed by atoms with Gasteiger partial charge in [0.1, 0.15) is 5.02 Å². The van der Waals surface area contributed by atoms with Crippen LogP contribution in [0, 0.1) is 20.2 Å². The Kier molecular flexibility index (Phi) is 3.95. The Balaban J connectivity index is 2.38. The summed E-state index contributed by atoms with van der Waals surface area (Å²) < 4.78 is 0. The van der Waals surface area contributed by atoms with E-state index in [2.05, 4.69) is 0 Å². The number of hydrogen-bond acceptors (Lipinski definition) is 5. The number of rotatable bonds is 4. The number of nitrogens with zero attached hydrogens (tertiary/aromatic N) is 2. The van der Waals surface area contributed by atoms with E-state index in [1.165, 1.54) is 36.4 Å². The second kappa shape index (κ2) is 5.68. The van der Waals surface area contributed by atoms with Gasteiger partial charge in [-0.25, -0.2) is 0 Å². The lowest BCUT2D eigenvalue weighted by Gasteiger charge is -2.02. The molecule has 0 unspecified atom stereocenters. The first-order chi connectivity index (χ1) is 9.90. The van der Waals surface area contributed by atoms with Crippen LogP contribution in [-0.4, -0.2) is 15.6 Å². The van der Waals surface area contributed by atoms with Gasteiger partial charge >= 0.3 is 0 Å². The summed E-state index contributed by atoms with van der Waals surface area (Å²) in [7, 11) is 0. The highest BCUT2D eigenvalue weighted by atomic mass is 35.5. The van der Waals surface area contributed by atoms with Gasteiger partial charge in [-0.1, -0.05) is 11.6 Å². The zero-order valence-electron chi connectivity index (χ0n) is 10.4. The first kappa shape index (κ1) is 14.6. The molecule has 0 aliphatic rings. The standard InChI is InChI=1S/C13H7ClN2O5/c14-11-6-3-9(7-12(11)16(20)21)13(17)8-1-4-10(5-2-8)15(18)19/h1-7H. The number of hydrogen-bond donors (Lipinski definition) is 0. The van der Waals surface area contributed by atoms with Crippen molar-refractivity contribution in [1.82, 2.24) is 0 Å². The van der Waals surface area contributed by atoms with E-state index in [9.17, 15) is 25.0 Å². The van der Waals surface area contributed by atoms with Crippen LogP contribution in [0.2, 0.25) is 5.02 Å². The largest absolute Gasteiger partial charge is 0.289 e. The number of halogens is 1. The van der Waals surface area contributed by atoms with E-state index in [-0.39, 0.29) is 27.5 Å². The van der Waals surface area contributed by atoms with Crippen LogP contribution in [0.1, 0.15) is 15.9 Å². The molecule has 2 aromatic carbocycles. The number of nitro benzene ring substituents is 2. The molecule has 21 heavy (non-hydrogen) atoms. The third-order valence-electron chi connectivity index (χ3n) is 2.75. The van der Waals surface area contributed by atoms with Gasteiger partial charge in [-0.2, -0.15) is 0 Å². The summed E-state index contributed by atoms with van der Waals surface area (Å²) >= 11 is 5.67. The molecule has 0 aliphatic carbocycles. The first-order valence-electron chi connectivity index (χ1n) is 5.63. The van der Waals surface area contributed by atoms with Crippen molar-refractivity contribution in [3.63, 3.8) is 0 Å². The molecule has 0 radical (unpaired) electrons. The molecule has 0 aromatic heterocycles. The Morgan fingerprint density at radius 1 is 0.905 bits per heavy atom. The summed E-state index contributed by atoms with van der Waals surface area (Å²) in [5, 5.41) is 21.3. The van der Waals surface area contributed by atoms with Gasteiger partial charge < -0.3 is 0 Å². The summed E-state index contributed by atoms with van der Waals surface area (Å²) in [6, 6.07) is 8.67. The Morgan fingerprint density at radius 3 is 2.00 bits per heavy atom. The first-order valence-corrected chi connectivity index (χ1v) is 6.01. The van der Waals surface area contributed by atoms with Gasteiger partial charge in [-0.3, -0.25) is 25.0 Å². The molecule has 106 valence electrons. The van der Waals surface area contributed by atoms with E-state index in [0.29, 0.717) is 0 Å². The third-order valence-corrected chi connectivity index (χ3v) is 3.06. The maximum atomic E-state index is 12.2. The van der Waals surface area contributed by atoms with Gasteiger partial charge in [-0.05, 0) is 24.3 Å². The quantitative estimate of drug-likeness (QED) is 0.489. The number of carbonyl (C=O) groups excluding carboxylic acids is 1. The molecule has 0 saturated heterocycles. The Bertz CT molecular complexity index is 743. The van der Waals surface area contributed by atoms with E-state index in [1.807, 2.05) is 0 Å². The predicted molar refractivity (Wildman–Crippen MR) is 74.6 cm³/mol. The van der Waals surface area contributed by atoms with Gasteiger partial charge in [0.15, 0.2) is 5.78 Å². The SMILES string of the molecule is O=C(c1ccc([N+](=O)[O-])cc1)c1ccc(Cl)c([N+](=O)[O-])c1. The molecule has 0 saturated carbocycles. The van der Waals surface area contributed by atoms with Gasteiger partial charge in [0.25, 0.3) is 11.4 Å². The van der Waals surface area contributed by atoms with Crippen molar-refractivity contribution in [3.8, 4) is 0 Å². The second-order valence-electron chi connectivity index (χ2n) is 4.06. The molecule has 0 bridgehead atoms. The lowest BCUT2D eigenvalue weighted by molar-refractivity contribution is -0.385. The lowest BCUT2D eigenvalue weighted by Crippen LogP contribution is -2.02. The smallest absolute Gasteiger partial charge is 0.288 e. The lowest BCUT2D eigenvalue weighted by atomic mass is 10.0. The van der Waals surface area contributed by atoms with Crippen LogP contribution >= 0.6 is 11.6 Å². The van der Waals surface area contributed by atoms with Crippen LogP contribution in [0.15, 0.2) is 42.5 Å². The van der Waals surface area contributed by atoms with Crippen LogP contribution in [0.4, 0.5) is 11.4 Å². The number of ketones is 1. The van der Waals surface area contributed by atoms with Gasteiger partial charge in [-0.15, -0.1) is 0 Å². The molecule has 8 heteroatoms. The molecule has 0 spiro atoms. The molecular weight excluding hydrogens is 300 g/mol. The van der Waals surface area contributed by atoms with Gasteiger partial charge in [0, 0.05) is 29.3 Å². The summed E-state index contributed by atoms with van der Waals surface area (Å²) in [4.78, 5) is 32.2. The molecule has 2 aromatic rings. The Morgan fingerprint density at radius 2 is 1.48 bits per heavy atom. The summed E-state index contributed by atoms with van der Waals surface area (Å²) in [5.41, 5.74) is -0.241. The fourth-order valence-electron chi connectivity index (χ4n) is 1.70. The molecule has 0 heterocycles. The minimum Gasteiger partial charge on any atom is -0.289 e. The highest BCUT2D eigenvalue weighted by Gasteiger charge is 2.18. The molecule has 0 amide bonds. The highest BCUT2D eigenvalue weighted by molar-refractivity contribution is 6.32. The fourth-order valence-corrected chi connectivity index (χ4v) is 1.88. The van der Waals surface area contributed by atoms with Crippen molar-refractivity contribution < 1.29 is 14.6 Å². The normalized spacial score (nSPS) is 10.1. The van der Waals surface area contributed by atoms with Crippen LogP contribution in [0.25, 0.3) is 0 Å². The van der Waals surface area contributed by atoms with Gasteiger partial charge in [0.2, 0.25) is 0 Å². The van der Waals surface area contributed by atoms with Crippen LogP contribution in [-0.2, 0) is 0 Å².